The molecule has 0 aromatic rings. The van der Waals surface area contributed by atoms with Crippen molar-refractivity contribution in [3.63, 3.8) is 0 Å². The van der Waals surface area contributed by atoms with Gasteiger partial charge in [-0.15, -0.1) is 12.4 Å². The quantitative estimate of drug-likeness (QED) is 0.801. The summed E-state index contributed by atoms with van der Waals surface area (Å²) in [5.41, 5.74) is 0. The van der Waals surface area contributed by atoms with Gasteiger partial charge in [-0.05, 0) is 51.6 Å². The summed E-state index contributed by atoms with van der Waals surface area (Å²) in [5, 5.41) is 3.34. The minimum atomic E-state index is -0.0506. The van der Waals surface area contributed by atoms with Gasteiger partial charge in [0.2, 0.25) is 0 Å². The highest BCUT2D eigenvalue weighted by atomic mass is 35.5. The average Bonchev–Trinajstić information content (AvgIpc) is 2.40. The van der Waals surface area contributed by atoms with Gasteiger partial charge in [-0.3, -0.25) is 4.79 Å². The van der Waals surface area contributed by atoms with E-state index in [1.54, 1.807) is 0 Å². The Bertz CT molecular complexity index is 249. The molecule has 4 nitrogen and oxygen atoms in total. The fourth-order valence-electron chi connectivity index (χ4n) is 2.80. The predicted octanol–water partition coefficient (Wildman–Crippen LogP) is 1.91. The van der Waals surface area contributed by atoms with Crippen LogP contribution >= 0.6 is 12.4 Å². The van der Waals surface area contributed by atoms with Gasteiger partial charge < -0.3 is 14.8 Å². The SMILES string of the molecule is COC(=O)C1CCC(OC2CCNCC2)CC1.Cl. The number of esters is 1. The number of piperidine rings is 1. The Balaban J connectivity index is 0.00000162. The summed E-state index contributed by atoms with van der Waals surface area (Å²) in [6, 6.07) is 0. The highest BCUT2D eigenvalue weighted by Crippen LogP contribution is 2.28. The summed E-state index contributed by atoms with van der Waals surface area (Å²) in [6.45, 7) is 2.14. The Morgan fingerprint density at radius 2 is 1.56 bits per heavy atom. The number of hydrogen-bond acceptors (Lipinski definition) is 4. The average molecular weight is 278 g/mol. The zero-order valence-electron chi connectivity index (χ0n) is 11.0. The highest BCUT2D eigenvalue weighted by Gasteiger charge is 2.28. The molecule has 1 N–H and O–H groups in total. The lowest BCUT2D eigenvalue weighted by molar-refractivity contribution is -0.148. The second-order valence-corrected chi connectivity index (χ2v) is 5.08. The summed E-state index contributed by atoms with van der Waals surface area (Å²) in [5.74, 6) is 0.0539. The zero-order valence-corrected chi connectivity index (χ0v) is 11.8. The summed E-state index contributed by atoms with van der Waals surface area (Å²) in [6.07, 6.45) is 6.88. The first-order valence-electron chi connectivity index (χ1n) is 6.73. The predicted molar refractivity (Wildman–Crippen MR) is 72.0 cm³/mol. The molecular weight excluding hydrogens is 254 g/mol. The van der Waals surface area contributed by atoms with Gasteiger partial charge >= 0.3 is 5.97 Å². The van der Waals surface area contributed by atoms with Crippen molar-refractivity contribution in [1.82, 2.24) is 5.32 Å². The van der Waals surface area contributed by atoms with Crippen LogP contribution in [0.3, 0.4) is 0 Å². The smallest absolute Gasteiger partial charge is 0.308 e. The van der Waals surface area contributed by atoms with Crippen LogP contribution in [0.5, 0.6) is 0 Å². The molecule has 0 atom stereocenters. The first-order chi connectivity index (χ1) is 8.29. The largest absolute Gasteiger partial charge is 0.469 e. The Hall–Kier alpha value is -0.320. The molecule has 1 saturated heterocycles. The van der Waals surface area contributed by atoms with E-state index in [0.29, 0.717) is 12.2 Å². The van der Waals surface area contributed by atoms with Crippen LogP contribution in [0.1, 0.15) is 38.5 Å². The number of methoxy groups -OCH3 is 1. The van der Waals surface area contributed by atoms with Crippen LogP contribution in [-0.2, 0) is 14.3 Å². The minimum absolute atomic E-state index is 0. The molecule has 0 aromatic heterocycles. The van der Waals surface area contributed by atoms with Crippen molar-refractivity contribution in [2.24, 2.45) is 5.92 Å². The molecule has 1 aliphatic heterocycles. The number of carbonyl (C=O) groups is 1. The number of carbonyl (C=O) groups excluding carboxylic acids is 1. The minimum Gasteiger partial charge on any atom is -0.469 e. The third-order valence-corrected chi connectivity index (χ3v) is 3.88. The fraction of sp³-hybridized carbons (Fsp3) is 0.923. The van der Waals surface area contributed by atoms with Gasteiger partial charge in [0.05, 0.1) is 25.2 Å². The molecule has 0 spiro atoms. The number of ether oxygens (including phenoxy) is 2. The molecule has 106 valence electrons. The molecule has 1 aliphatic carbocycles. The Morgan fingerprint density at radius 1 is 1.00 bits per heavy atom. The number of hydrogen-bond donors (Lipinski definition) is 1. The molecule has 2 aliphatic rings. The lowest BCUT2D eigenvalue weighted by Gasteiger charge is -2.32. The zero-order chi connectivity index (χ0) is 12.1. The van der Waals surface area contributed by atoms with E-state index < -0.39 is 0 Å². The van der Waals surface area contributed by atoms with Crippen LogP contribution in [0.15, 0.2) is 0 Å². The van der Waals surface area contributed by atoms with Gasteiger partial charge in [-0.25, -0.2) is 0 Å². The monoisotopic (exact) mass is 277 g/mol. The second kappa shape index (κ2) is 7.97. The van der Waals surface area contributed by atoms with E-state index in [1.165, 1.54) is 7.11 Å². The second-order valence-electron chi connectivity index (χ2n) is 5.08. The van der Waals surface area contributed by atoms with Crippen LogP contribution in [-0.4, -0.2) is 38.4 Å². The van der Waals surface area contributed by atoms with Crippen LogP contribution in [0.2, 0.25) is 0 Å². The molecular formula is C13H24ClNO3. The van der Waals surface area contributed by atoms with Crippen molar-refractivity contribution in [2.75, 3.05) is 20.2 Å². The van der Waals surface area contributed by atoms with Gasteiger partial charge in [0.15, 0.2) is 0 Å². The van der Waals surface area contributed by atoms with Crippen molar-refractivity contribution < 1.29 is 14.3 Å². The fourth-order valence-corrected chi connectivity index (χ4v) is 2.80. The molecule has 1 saturated carbocycles. The van der Waals surface area contributed by atoms with Crippen molar-refractivity contribution in [3.05, 3.63) is 0 Å². The van der Waals surface area contributed by atoms with Gasteiger partial charge in [0, 0.05) is 0 Å². The van der Waals surface area contributed by atoms with Crippen LogP contribution in [0.25, 0.3) is 0 Å². The van der Waals surface area contributed by atoms with E-state index in [1.807, 2.05) is 0 Å². The van der Waals surface area contributed by atoms with E-state index in [9.17, 15) is 4.79 Å². The van der Waals surface area contributed by atoms with Gasteiger partial charge in [0.25, 0.3) is 0 Å². The van der Waals surface area contributed by atoms with Crippen molar-refractivity contribution in [1.29, 1.82) is 0 Å². The maximum absolute atomic E-state index is 11.4. The van der Waals surface area contributed by atoms with Gasteiger partial charge in [-0.2, -0.15) is 0 Å². The summed E-state index contributed by atoms with van der Waals surface area (Å²) < 4.78 is 10.9. The third-order valence-electron chi connectivity index (χ3n) is 3.88. The maximum Gasteiger partial charge on any atom is 0.308 e. The number of nitrogens with one attached hydrogen (secondary N) is 1. The lowest BCUT2D eigenvalue weighted by atomic mass is 9.87. The van der Waals surface area contributed by atoms with E-state index in [2.05, 4.69) is 5.32 Å². The van der Waals surface area contributed by atoms with Crippen LogP contribution in [0.4, 0.5) is 0 Å². The Morgan fingerprint density at radius 3 is 2.11 bits per heavy atom. The molecule has 0 amide bonds. The first kappa shape index (κ1) is 15.7. The molecule has 0 aromatic carbocycles. The Labute approximate surface area is 115 Å². The molecule has 0 radical (unpaired) electrons. The van der Waals surface area contributed by atoms with E-state index in [-0.39, 0.29) is 24.3 Å². The molecule has 5 heteroatoms. The van der Waals surface area contributed by atoms with Crippen LogP contribution in [0, 0.1) is 5.92 Å². The Kier molecular flexibility index (Phi) is 6.97. The van der Waals surface area contributed by atoms with Crippen LogP contribution < -0.4 is 5.32 Å². The van der Waals surface area contributed by atoms with E-state index >= 15 is 0 Å². The molecule has 1 heterocycles. The van der Waals surface area contributed by atoms with Crippen molar-refractivity contribution >= 4 is 18.4 Å². The molecule has 2 rings (SSSR count). The summed E-state index contributed by atoms with van der Waals surface area (Å²) >= 11 is 0. The molecule has 2 fully saturated rings. The number of halogens is 1. The summed E-state index contributed by atoms with van der Waals surface area (Å²) in [4.78, 5) is 11.4. The highest BCUT2D eigenvalue weighted by molar-refractivity contribution is 5.85. The lowest BCUT2D eigenvalue weighted by Crippen LogP contribution is -2.36. The van der Waals surface area contributed by atoms with Gasteiger partial charge in [-0.1, -0.05) is 0 Å². The molecule has 0 bridgehead atoms. The molecule has 0 unspecified atom stereocenters. The topological polar surface area (TPSA) is 47.6 Å². The third kappa shape index (κ3) is 4.41. The molecule has 18 heavy (non-hydrogen) atoms. The van der Waals surface area contributed by atoms with E-state index in [4.69, 9.17) is 9.47 Å². The standard InChI is InChI=1S/C13H23NO3.ClH/c1-16-13(15)10-2-4-11(5-3-10)17-12-6-8-14-9-7-12;/h10-12,14H,2-9H2,1H3;1H. The first-order valence-corrected chi connectivity index (χ1v) is 6.73. The van der Waals surface area contributed by atoms with E-state index in [0.717, 1.165) is 51.6 Å². The van der Waals surface area contributed by atoms with Crippen molar-refractivity contribution in [3.8, 4) is 0 Å². The summed E-state index contributed by atoms with van der Waals surface area (Å²) in [7, 11) is 1.47. The van der Waals surface area contributed by atoms with Gasteiger partial charge in [0.1, 0.15) is 0 Å². The van der Waals surface area contributed by atoms with Crippen molar-refractivity contribution in [2.45, 2.75) is 50.7 Å². The number of rotatable bonds is 3. The normalized spacial score (nSPS) is 29.4. The maximum atomic E-state index is 11.4.